The molecule has 0 saturated heterocycles. The summed E-state index contributed by atoms with van der Waals surface area (Å²) in [6.45, 7) is 3.42. The Kier molecular flexibility index (Phi) is 4.62. The molecule has 0 atom stereocenters. The topological polar surface area (TPSA) is 89.8 Å². The first-order valence-electron chi connectivity index (χ1n) is 7.45. The van der Waals surface area contributed by atoms with Gasteiger partial charge in [-0.2, -0.15) is 0 Å². The first-order chi connectivity index (χ1) is 12.0. The fourth-order valence-electron chi connectivity index (χ4n) is 2.19. The maximum Gasteiger partial charge on any atom is 0.345 e. The molecule has 0 aliphatic heterocycles. The van der Waals surface area contributed by atoms with E-state index >= 15 is 0 Å². The second-order valence-corrected chi connectivity index (χ2v) is 6.33. The van der Waals surface area contributed by atoms with Crippen molar-refractivity contribution in [3.63, 3.8) is 0 Å². The quantitative estimate of drug-likeness (QED) is 0.723. The van der Waals surface area contributed by atoms with Crippen molar-refractivity contribution >= 4 is 33.9 Å². The van der Waals surface area contributed by atoms with Gasteiger partial charge in [0.25, 0.3) is 11.5 Å². The van der Waals surface area contributed by atoms with Gasteiger partial charge >= 0.3 is 5.97 Å². The Bertz CT molecular complexity index is 1020. The van der Waals surface area contributed by atoms with Crippen molar-refractivity contribution in [2.24, 2.45) is 0 Å². The van der Waals surface area contributed by atoms with Crippen molar-refractivity contribution in [3.8, 4) is 0 Å². The molecule has 0 saturated carbocycles. The summed E-state index contributed by atoms with van der Waals surface area (Å²) in [4.78, 5) is 40.6. The number of anilines is 1. The summed E-state index contributed by atoms with van der Waals surface area (Å²) in [7, 11) is 0. The van der Waals surface area contributed by atoms with Crippen LogP contribution in [0.15, 0.2) is 40.8 Å². The third-order valence-electron chi connectivity index (χ3n) is 3.69. The second-order valence-electron chi connectivity index (χ2n) is 5.46. The summed E-state index contributed by atoms with van der Waals surface area (Å²) >= 11 is 1.28. The van der Waals surface area contributed by atoms with E-state index in [1.54, 1.807) is 11.4 Å². The molecule has 1 N–H and O–H groups in total. The second kappa shape index (κ2) is 6.86. The van der Waals surface area contributed by atoms with Gasteiger partial charge in [-0.1, -0.05) is 6.07 Å². The van der Waals surface area contributed by atoms with E-state index < -0.39 is 24.0 Å². The lowest BCUT2D eigenvalue weighted by molar-refractivity contribution is -0.119. The van der Waals surface area contributed by atoms with Crippen LogP contribution in [0.3, 0.4) is 0 Å². The Hall–Kier alpha value is -3.00. The highest BCUT2D eigenvalue weighted by Gasteiger charge is 2.16. The molecule has 1 aromatic carbocycles. The van der Waals surface area contributed by atoms with Crippen molar-refractivity contribution in [1.29, 1.82) is 0 Å². The van der Waals surface area contributed by atoms with Gasteiger partial charge in [0.15, 0.2) is 11.6 Å². The number of fused-ring (bicyclic) bond motifs is 1. The van der Waals surface area contributed by atoms with Crippen molar-refractivity contribution < 1.29 is 14.3 Å². The number of ether oxygens (including phenoxy) is 1. The number of hydrogen-bond donors (Lipinski definition) is 1. The highest BCUT2D eigenvalue weighted by atomic mass is 32.1. The number of aromatic nitrogens is 2. The third kappa shape index (κ3) is 3.58. The van der Waals surface area contributed by atoms with Crippen LogP contribution in [0, 0.1) is 13.8 Å². The number of esters is 1. The minimum absolute atomic E-state index is 0.213. The molecule has 0 fully saturated rings. The molecule has 0 aliphatic carbocycles. The van der Waals surface area contributed by atoms with E-state index in [4.69, 9.17) is 4.74 Å². The molecule has 0 spiro atoms. The average Bonchev–Trinajstić information content (AvgIpc) is 3.06. The summed E-state index contributed by atoms with van der Waals surface area (Å²) in [5.74, 6) is -1.37. The minimum Gasteiger partial charge on any atom is -0.452 e. The number of rotatable bonds is 4. The normalized spacial score (nSPS) is 10.6. The van der Waals surface area contributed by atoms with E-state index in [0.717, 1.165) is 17.3 Å². The smallest absolute Gasteiger partial charge is 0.345 e. The number of carbonyl (C=O) groups is 2. The van der Waals surface area contributed by atoms with Crippen LogP contribution in [-0.4, -0.2) is 27.9 Å². The van der Waals surface area contributed by atoms with Gasteiger partial charge in [0, 0.05) is 17.3 Å². The van der Waals surface area contributed by atoms with Gasteiger partial charge in [-0.05, 0) is 37.1 Å². The van der Waals surface area contributed by atoms with Gasteiger partial charge in [0.2, 0.25) is 0 Å². The van der Waals surface area contributed by atoms with Crippen molar-refractivity contribution in [3.05, 3.63) is 63.0 Å². The van der Waals surface area contributed by atoms with Crippen molar-refractivity contribution in [2.45, 2.75) is 13.8 Å². The number of benzene rings is 1. The standard InChI is InChI=1S/C17H15N3O4S/c1-10-3-4-12(7-11(10)2)19-14(21)9-24-16(23)13-8-18-17-20(15(13)22)5-6-25-17/h3-8H,9H2,1-2H3,(H,19,21). The van der Waals surface area contributed by atoms with E-state index in [-0.39, 0.29) is 5.56 Å². The summed E-state index contributed by atoms with van der Waals surface area (Å²) in [6, 6.07) is 5.48. The van der Waals surface area contributed by atoms with Crippen LogP contribution in [0.5, 0.6) is 0 Å². The van der Waals surface area contributed by atoms with Crippen LogP contribution in [-0.2, 0) is 9.53 Å². The van der Waals surface area contributed by atoms with E-state index in [1.807, 2.05) is 26.0 Å². The van der Waals surface area contributed by atoms with Gasteiger partial charge in [-0.25, -0.2) is 9.78 Å². The Morgan fingerprint density at radius 3 is 2.84 bits per heavy atom. The molecule has 128 valence electrons. The molecule has 1 amide bonds. The minimum atomic E-state index is -0.881. The van der Waals surface area contributed by atoms with Gasteiger partial charge in [-0.3, -0.25) is 14.0 Å². The summed E-state index contributed by atoms with van der Waals surface area (Å²) in [6.07, 6.45) is 2.69. The number of thiazole rings is 1. The zero-order valence-electron chi connectivity index (χ0n) is 13.6. The lowest BCUT2D eigenvalue weighted by Crippen LogP contribution is -2.26. The molecule has 0 unspecified atom stereocenters. The van der Waals surface area contributed by atoms with E-state index in [2.05, 4.69) is 10.3 Å². The molecular formula is C17H15N3O4S. The van der Waals surface area contributed by atoms with Crippen molar-refractivity contribution in [2.75, 3.05) is 11.9 Å². The number of nitrogens with one attached hydrogen (secondary N) is 1. The van der Waals surface area contributed by atoms with Crippen LogP contribution >= 0.6 is 11.3 Å². The molecule has 25 heavy (non-hydrogen) atoms. The highest BCUT2D eigenvalue weighted by molar-refractivity contribution is 7.15. The molecular weight excluding hydrogens is 342 g/mol. The number of amides is 1. The lowest BCUT2D eigenvalue weighted by atomic mass is 10.1. The Morgan fingerprint density at radius 1 is 1.28 bits per heavy atom. The molecule has 3 rings (SSSR count). The molecule has 3 aromatic rings. The molecule has 0 bridgehead atoms. The predicted octanol–water partition coefficient (Wildman–Crippen LogP) is 2.17. The van der Waals surface area contributed by atoms with Gasteiger partial charge in [-0.15, -0.1) is 11.3 Å². The Balaban J connectivity index is 1.64. The maximum atomic E-state index is 12.2. The largest absolute Gasteiger partial charge is 0.452 e. The SMILES string of the molecule is Cc1ccc(NC(=O)COC(=O)c2cnc3sccn3c2=O)cc1C. The molecule has 2 aromatic heterocycles. The predicted molar refractivity (Wildman–Crippen MR) is 94.2 cm³/mol. The Morgan fingerprint density at radius 2 is 2.08 bits per heavy atom. The molecule has 7 nitrogen and oxygen atoms in total. The van der Waals surface area contributed by atoms with Crippen molar-refractivity contribution in [1.82, 2.24) is 9.38 Å². The number of nitrogens with zero attached hydrogens (tertiary/aromatic N) is 2. The van der Waals surface area contributed by atoms with Crippen LogP contribution < -0.4 is 10.9 Å². The third-order valence-corrected chi connectivity index (χ3v) is 4.46. The van der Waals surface area contributed by atoms with Crippen LogP contribution in [0.25, 0.3) is 4.96 Å². The van der Waals surface area contributed by atoms with E-state index in [0.29, 0.717) is 10.6 Å². The summed E-state index contributed by atoms with van der Waals surface area (Å²) in [5, 5.41) is 4.33. The van der Waals surface area contributed by atoms with Gasteiger partial charge < -0.3 is 10.1 Å². The van der Waals surface area contributed by atoms with E-state index in [9.17, 15) is 14.4 Å². The number of hydrogen-bond acceptors (Lipinski definition) is 6. The van der Waals surface area contributed by atoms with Crippen LogP contribution in [0.4, 0.5) is 5.69 Å². The van der Waals surface area contributed by atoms with Gasteiger partial charge in [0.1, 0.15) is 5.56 Å². The van der Waals surface area contributed by atoms with Gasteiger partial charge in [0.05, 0.1) is 6.20 Å². The lowest BCUT2D eigenvalue weighted by Gasteiger charge is -2.08. The zero-order valence-corrected chi connectivity index (χ0v) is 14.4. The van der Waals surface area contributed by atoms with Crippen LogP contribution in [0.1, 0.15) is 21.5 Å². The summed E-state index contributed by atoms with van der Waals surface area (Å²) in [5.41, 5.74) is 2.03. The first-order valence-corrected chi connectivity index (χ1v) is 8.33. The Labute approximate surface area is 146 Å². The maximum absolute atomic E-state index is 12.2. The molecule has 0 aliphatic rings. The fourth-order valence-corrected chi connectivity index (χ4v) is 2.86. The monoisotopic (exact) mass is 357 g/mol. The summed E-state index contributed by atoms with van der Waals surface area (Å²) < 4.78 is 6.18. The molecule has 0 radical (unpaired) electrons. The number of aryl methyl sites for hydroxylation is 2. The molecule has 2 heterocycles. The molecule has 8 heteroatoms. The zero-order chi connectivity index (χ0) is 18.0. The first kappa shape index (κ1) is 16.8. The highest BCUT2D eigenvalue weighted by Crippen LogP contribution is 2.14. The van der Waals surface area contributed by atoms with Crippen LogP contribution in [0.2, 0.25) is 0 Å². The number of carbonyl (C=O) groups excluding carboxylic acids is 2. The fraction of sp³-hybridized carbons (Fsp3) is 0.176. The average molecular weight is 357 g/mol. The van der Waals surface area contributed by atoms with E-state index in [1.165, 1.54) is 21.9 Å².